The molecule has 0 fully saturated rings. The van der Waals surface area contributed by atoms with Gasteiger partial charge in [-0.1, -0.05) is 0 Å². The lowest BCUT2D eigenvalue weighted by Gasteiger charge is -2.28. The third-order valence-electron chi connectivity index (χ3n) is 2.12. The minimum Gasteiger partial charge on any atom is -0.510 e. The van der Waals surface area contributed by atoms with Gasteiger partial charge >= 0.3 is 0 Å². The number of nitrogens with zero attached hydrogens (tertiary/aromatic N) is 1. The van der Waals surface area contributed by atoms with Crippen LogP contribution in [0.3, 0.4) is 0 Å². The number of nitrogens with two attached hydrogens (primary N) is 1. The molecule has 1 unspecified atom stereocenters. The molecule has 0 aromatic heterocycles. The Morgan fingerprint density at radius 3 is 2.77 bits per heavy atom. The number of rotatable bonds is 2. The molecule has 1 aliphatic heterocycles. The second kappa shape index (κ2) is 4.00. The van der Waals surface area contributed by atoms with Crippen molar-refractivity contribution in [2.45, 2.75) is 13.0 Å². The summed E-state index contributed by atoms with van der Waals surface area (Å²) in [6.07, 6.45) is 1.58. The van der Waals surface area contributed by atoms with E-state index < -0.39 is 0 Å². The molecule has 0 amide bonds. The molecule has 0 radical (unpaired) electrons. The fourth-order valence-electron chi connectivity index (χ4n) is 1.24. The van der Waals surface area contributed by atoms with Crippen LogP contribution in [-0.4, -0.2) is 33.8 Å². The topological polar surface area (TPSA) is 69.7 Å². The molecule has 4 nitrogen and oxygen atoms in total. The van der Waals surface area contributed by atoms with Crippen LogP contribution >= 0.6 is 11.8 Å². The summed E-state index contributed by atoms with van der Waals surface area (Å²) < 4.78 is 1.32. The summed E-state index contributed by atoms with van der Waals surface area (Å²) in [6, 6.07) is -0.296. The predicted octanol–water partition coefficient (Wildman–Crippen LogP) is 0.491. The summed E-state index contributed by atoms with van der Waals surface area (Å²) in [5.41, 5.74) is 6.57. The van der Waals surface area contributed by atoms with Crippen molar-refractivity contribution in [3.05, 3.63) is 23.1 Å². The van der Waals surface area contributed by atoms with Gasteiger partial charge in [-0.2, -0.15) is 0 Å². The van der Waals surface area contributed by atoms with E-state index in [1.54, 1.807) is 13.1 Å². The van der Waals surface area contributed by atoms with Gasteiger partial charge in [0.2, 0.25) is 0 Å². The molecule has 13 heavy (non-hydrogen) atoms. The van der Waals surface area contributed by atoms with Gasteiger partial charge in [0.25, 0.3) is 0 Å². The SMILES string of the molecule is CC1C(O)=C(CN)C(CO)=CN1Cl. The van der Waals surface area contributed by atoms with Crippen LogP contribution in [0.4, 0.5) is 0 Å². The van der Waals surface area contributed by atoms with Crippen molar-refractivity contribution >= 4 is 11.8 Å². The average molecular weight is 205 g/mol. The van der Waals surface area contributed by atoms with Gasteiger partial charge in [-0.15, -0.1) is 0 Å². The minimum absolute atomic E-state index is 0.129. The van der Waals surface area contributed by atoms with Crippen molar-refractivity contribution in [3.63, 3.8) is 0 Å². The summed E-state index contributed by atoms with van der Waals surface area (Å²) in [5.74, 6) is 0.129. The first kappa shape index (κ1) is 10.4. The van der Waals surface area contributed by atoms with E-state index in [4.69, 9.17) is 22.6 Å². The smallest absolute Gasteiger partial charge is 0.121 e. The van der Waals surface area contributed by atoms with Crippen LogP contribution in [0.2, 0.25) is 0 Å². The molecule has 0 saturated heterocycles. The Hall–Kier alpha value is -0.710. The molecule has 0 aromatic rings. The third-order valence-corrected chi connectivity index (χ3v) is 2.51. The van der Waals surface area contributed by atoms with Crippen molar-refractivity contribution in [3.8, 4) is 0 Å². The fourth-order valence-corrected chi connectivity index (χ4v) is 1.45. The minimum atomic E-state index is -0.296. The van der Waals surface area contributed by atoms with E-state index in [9.17, 15) is 5.11 Å². The zero-order valence-corrected chi connectivity index (χ0v) is 8.12. The van der Waals surface area contributed by atoms with E-state index in [0.29, 0.717) is 11.1 Å². The van der Waals surface area contributed by atoms with Crippen LogP contribution in [0, 0.1) is 0 Å². The van der Waals surface area contributed by atoms with Gasteiger partial charge in [0, 0.05) is 35.7 Å². The highest BCUT2D eigenvalue weighted by Gasteiger charge is 2.24. The molecule has 5 heteroatoms. The average Bonchev–Trinajstić information content (AvgIpc) is 2.13. The maximum absolute atomic E-state index is 9.63. The maximum Gasteiger partial charge on any atom is 0.121 e. The van der Waals surface area contributed by atoms with Crippen LogP contribution in [0.15, 0.2) is 23.1 Å². The lowest BCUT2D eigenvalue weighted by Crippen LogP contribution is -2.30. The number of hydrogen-bond donors (Lipinski definition) is 3. The van der Waals surface area contributed by atoms with Gasteiger partial charge in [0.1, 0.15) is 5.76 Å². The molecular weight excluding hydrogens is 192 g/mol. The summed E-state index contributed by atoms with van der Waals surface area (Å²) in [4.78, 5) is 0. The van der Waals surface area contributed by atoms with Crippen LogP contribution in [0.5, 0.6) is 0 Å². The number of halogens is 1. The van der Waals surface area contributed by atoms with Crippen molar-refractivity contribution in [1.82, 2.24) is 4.42 Å². The first-order valence-corrected chi connectivity index (χ1v) is 4.33. The van der Waals surface area contributed by atoms with E-state index in [0.717, 1.165) is 0 Å². The normalized spacial score (nSPS) is 23.5. The highest BCUT2D eigenvalue weighted by atomic mass is 35.5. The quantitative estimate of drug-likeness (QED) is 0.573. The Balaban J connectivity index is 3.04. The van der Waals surface area contributed by atoms with E-state index in [1.165, 1.54) is 4.42 Å². The number of aliphatic hydroxyl groups excluding tert-OH is 2. The summed E-state index contributed by atoms with van der Waals surface area (Å²) in [5, 5.41) is 18.6. The second-order valence-electron chi connectivity index (χ2n) is 2.90. The van der Waals surface area contributed by atoms with Gasteiger partial charge in [-0.05, 0) is 6.92 Å². The summed E-state index contributed by atoms with van der Waals surface area (Å²) in [6.45, 7) is 1.78. The first-order chi connectivity index (χ1) is 6.11. The third kappa shape index (κ3) is 1.80. The van der Waals surface area contributed by atoms with E-state index >= 15 is 0 Å². The maximum atomic E-state index is 9.63. The van der Waals surface area contributed by atoms with Crippen LogP contribution in [0.1, 0.15) is 6.92 Å². The van der Waals surface area contributed by atoms with Crippen molar-refractivity contribution in [2.24, 2.45) is 5.73 Å². The Morgan fingerprint density at radius 1 is 1.69 bits per heavy atom. The molecule has 0 aromatic carbocycles. The van der Waals surface area contributed by atoms with Gasteiger partial charge in [0.15, 0.2) is 0 Å². The Morgan fingerprint density at radius 2 is 2.31 bits per heavy atom. The molecular formula is C8H13ClN2O2. The van der Waals surface area contributed by atoms with Crippen LogP contribution in [0.25, 0.3) is 0 Å². The Bertz CT molecular complexity index is 263. The van der Waals surface area contributed by atoms with Crippen LogP contribution < -0.4 is 5.73 Å². The van der Waals surface area contributed by atoms with Crippen LogP contribution in [-0.2, 0) is 0 Å². The molecule has 74 valence electrons. The van der Waals surface area contributed by atoms with Gasteiger partial charge in [0.05, 0.1) is 12.6 Å². The largest absolute Gasteiger partial charge is 0.510 e. The van der Waals surface area contributed by atoms with Gasteiger partial charge < -0.3 is 15.9 Å². The highest BCUT2D eigenvalue weighted by molar-refractivity contribution is 6.14. The predicted molar refractivity (Wildman–Crippen MR) is 51.0 cm³/mol. The van der Waals surface area contributed by atoms with Gasteiger partial charge in [-0.25, -0.2) is 0 Å². The zero-order chi connectivity index (χ0) is 10.0. The Kier molecular flexibility index (Phi) is 3.19. The molecule has 0 bridgehead atoms. The zero-order valence-electron chi connectivity index (χ0n) is 7.37. The number of hydrogen-bond acceptors (Lipinski definition) is 4. The number of aliphatic hydroxyl groups is 2. The molecule has 0 aliphatic carbocycles. The van der Waals surface area contributed by atoms with Crippen molar-refractivity contribution in [1.29, 1.82) is 0 Å². The van der Waals surface area contributed by atoms with E-state index in [2.05, 4.69) is 0 Å². The van der Waals surface area contributed by atoms with Crippen molar-refractivity contribution in [2.75, 3.05) is 13.2 Å². The fraction of sp³-hybridized carbons (Fsp3) is 0.500. The molecule has 1 atom stereocenters. The molecule has 1 heterocycles. The molecule has 0 saturated carbocycles. The lowest BCUT2D eigenvalue weighted by atomic mass is 10.0. The summed E-state index contributed by atoms with van der Waals surface area (Å²) in [7, 11) is 0. The Labute approximate surface area is 82.0 Å². The first-order valence-electron chi connectivity index (χ1n) is 4.00. The molecule has 4 N–H and O–H groups in total. The van der Waals surface area contributed by atoms with Crippen molar-refractivity contribution < 1.29 is 10.2 Å². The molecule has 1 aliphatic rings. The monoisotopic (exact) mass is 204 g/mol. The molecule has 0 spiro atoms. The van der Waals surface area contributed by atoms with E-state index in [-0.39, 0.29) is 25.0 Å². The summed E-state index contributed by atoms with van der Waals surface area (Å²) >= 11 is 5.77. The second-order valence-corrected chi connectivity index (χ2v) is 3.29. The standard InChI is InChI=1S/C8H13ClN2O2/c1-5-8(13)7(2-10)6(4-12)3-11(5)9/h3,5,12-13H,2,4,10H2,1H3. The lowest BCUT2D eigenvalue weighted by molar-refractivity contribution is 0.288. The highest BCUT2D eigenvalue weighted by Crippen LogP contribution is 2.25. The van der Waals surface area contributed by atoms with E-state index in [1.807, 2.05) is 0 Å². The van der Waals surface area contributed by atoms with Gasteiger partial charge in [-0.3, -0.25) is 4.42 Å². The molecule has 1 rings (SSSR count).